The molecule has 33 heavy (non-hydrogen) atoms. The van der Waals surface area contributed by atoms with Crippen LogP contribution in [0.15, 0.2) is 45.6 Å². The van der Waals surface area contributed by atoms with Crippen molar-refractivity contribution in [3.63, 3.8) is 0 Å². The van der Waals surface area contributed by atoms with Crippen molar-refractivity contribution in [3.8, 4) is 5.75 Å². The van der Waals surface area contributed by atoms with Gasteiger partial charge in [0.1, 0.15) is 16.9 Å². The van der Waals surface area contributed by atoms with Gasteiger partial charge < -0.3 is 19.2 Å². The van der Waals surface area contributed by atoms with Crippen LogP contribution < -0.4 is 15.7 Å². The lowest BCUT2D eigenvalue weighted by Crippen LogP contribution is -2.35. The number of hydrogen-bond acceptors (Lipinski definition) is 6. The van der Waals surface area contributed by atoms with Crippen LogP contribution in [0, 0.1) is 0 Å². The molecule has 174 valence electrons. The van der Waals surface area contributed by atoms with Gasteiger partial charge in [0.2, 0.25) is 0 Å². The summed E-state index contributed by atoms with van der Waals surface area (Å²) in [5, 5.41) is 3.81. The summed E-state index contributed by atoms with van der Waals surface area (Å²) < 4.78 is 16.4. The predicted molar refractivity (Wildman–Crippen MR) is 129 cm³/mol. The highest BCUT2D eigenvalue weighted by Crippen LogP contribution is 2.29. The lowest BCUT2D eigenvalue weighted by atomic mass is 10.0. The SMILES string of the molecule is CCCc1c(OC)ccc2cc(C(=O)Nc3ccc(CN4CCOCC4)cc3Cl)c(=O)oc12. The molecule has 7 nitrogen and oxygen atoms in total. The fourth-order valence-corrected chi connectivity index (χ4v) is 4.28. The standard InChI is InChI=1S/C25H27ClN2O5/c1-3-4-18-22(31-2)8-6-17-14-19(25(30)33-23(17)18)24(29)27-21-7-5-16(13-20(21)26)15-28-9-11-32-12-10-28/h5-8,13-14H,3-4,9-12,15H2,1-2H3,(H,27,29). The number of benzene rings is 2. The third-order valence-corrected chi connectivity index (χ3v) is 6.03. The molecule has 2 heterocycles. The molecule has 0 saturated carbocycles. The Morgan fingerprint density at radius 2 is 1.97 bits per heavy atom. The third-order valence-electron chi connectivity index (χ3n) is 5.72. The van der Waals surface area contributed by atoms with Crippen molar-refractivity contribution in [2.45, 2.75) is 26.3 Å². The van der Waals surface area contributed by atoms with Gasteiger partial charge in [-0.3, -0.25) is 9.69 Å². The number of ether oxygens (including phenoxy) is 2. The van der Waals surface area contributed by atoms with Crippen LogP contribution in [-0.2, 0) is 17.7 Å². The number of anilines is 1. The molecule has 0 bridgehead atoms. The smallest absolute Gasteiger partial charge is 0.349 e. The van der Waals surface area contributed by atoms with E-state index >= 15 is 0 Å². The zero-order chi connectivity index (χ0) is 23.4. The number of aryl methyl sites for hydroxylation is 1. The largest absolute Gasteiger partial charge is 0.496 e. The van der Waals surface area contributed by atoms with E-state index in [1.165, 1.54) is 0 Å². The van der Waals surface area contributed by atoms with Crippen LogP contribution in [0.2, 0.25) is 5.02 Å². The van der Waals surface area contributed by atoms with E-state index in [0.29, 0.717) is 33.8 Å². The molecule has 1 fully saturated rings. The monoisotopic (exact) mass is 470 g/mol. The summed E-state index contributed by atoms with van der Waals surface area (Å²) in [6.45, 7) is 5.99. The van der Waals surface area contributed by atoms with Crippen molar-refractivity contribution in [1.82, 2.24) is 4.90 Å². The molecule has 0 spiro atoms. The van der Waals surface area contributed by atoms with Gasteiger partial charge >= 0.3 is 5.63 Å². The van der Waals surface area contributed by atoms with Gasteiger partial charge in [-0.1, -0.05) is 31.0 Å². The van der Waals surface area contributed by atoms with Crippen molar-refractivity contribution in [2.24, 2.45) is 0 Å². The first-order valence-electron chi connectivity index (χ1n) is 11.0. The number of morpholine rings is 1. The van der Waals surface area contributed by atoms with E-state index in [1.807, 2.05) is 25.1 Å². The zero-order valence-corrected chi connectivity index (χ0v) is 19.5. The number of nitrogens with zero attached hydrogens (tertiary/aromatic N) is 1. The molecule has 0 unspecified atom stereocenters. The molecule has 3 aromatic rings. The van der Waals surface area contributed by atoms with Crippen LogP contribution in [0.4, 0.5) is 5.69 Å². The van der Waals surface area contributed by atoms with Gasteiger partial charge in [0, 0.05) is 30.6 Å². The predicted octanol–water partition coefficient (Wildman–Crippen LogP) is 4.49. The highest BCUT2D eigenvalue weighted by Gasteiger charge is 2.19. The maximum absolute atomic E-state index is 12.9. The molecule has 0 atom stereocenters. The number of methoxy groups -OCH3 is 1. The molecule has 1 aliphatic rings. The zero-order valence-electron chi connectivity index (χ0n) is 18.8. The molecule has 1 aromatic heterocycles. The van der Waals surface area contributed by atoms with Gasteiger partial charge in [-0.2, -0.15) is 0 Å². The Morgan fingerprint density at radius 1 is 1.18 bits per heavy atom. The number of hydrogen-bond donors (Lipinski definition) is 1. The number of rotatable bonds is 7. The number of amides is 1. The lowest BCUT2D eigenvalue weighted by Gasteiger charge is -2.26. The molecule has 8 heteroatoms. The summed E-state index contributed by atoms with van der Waals surface area (Å²) in [6, 6.07) is 10.7. The van der Waals surface area contributed by atoms with Crippen LogP contribution in [-0.4, -0.2) is 44.2 Å². The fraction of sp³-hybridized carbons (Fsp3) is 0.360. The van der Waals surface area contributed by atoms with Gasteiger partial charge in [0.05, 0.1) is 31.0 Å². The first kappa shape index (κ1) is 23.3. The Kier molecular flexibility index (Phi) is 7.33. The average molecular weight is 471 g/mol. The summed E-state index contributed by atoms with van der Waals surface area (Å²) in [5.41, 5.74) is 1.97. The Balaban J connectivity index is 1.56. The maximum atomic E-state index is 12.9. The van der Waals surface area contributed by atoms with Crippen molar-refractivity contribution in [1.29, 1.82) is 0 Å². The summed E-state index contributed by atoms with van der Waals surface area (Å²) in [7, 11) is 1.58. The van der Waals surface area contributed by atoms with Crippen molar-refractivity contribution < 1.29 is 18.7 Å². The van der Waals surface area contributed by atoms with Gasteiger partial charge in [-0.05, 0) is 42.3 Å². The fourth-order valence-electron chi connectivity index (χ4n) is 4.03. The van der Waals surface area contributed by atoms with Gasteiger partial charge in [-0.15, -0.1) is 0 Å². The molecule has 1 saturated heterocycles. The van der Waals surface area contributed by atoms with Crippen LogP contribution in [0.25, 0.3) is 11.0 Å². The number of carbonyl (C=O) groups excluding carboxylic acids is 1. The summed E-state index contributed by atoms with van der Waals surface area (Å²) in [5.74, 6) is 0.0926. The highest BCUT2D eigenvalue weighted by molar-refractivity contribution is 6.34. The van der Waals surface area contributed by atoms with Crippen molar-refractivity contribution >= 4 is 34.2 Å². The third kappa shape index (κ3) is 5.21. The van der Waals surface area contributed by atoms with E-state index in [-0.39, 0.29) is 5.56 Å². The second-order valence-electron chi connectivity index (χ2n) is 8.02. The van der Waals surface area contributed by atoms with E-state index in [4.69, 9.17) is 25.5 Å². The van der Waals surface area contributed by atoms with Crippen molar-refractivity contribution in [3.05, 3.63) is 68.5 Å². The minimum atomic E-state index is -0.703. The van der Waals surface area contributed by atoms with Gasteiger partial charge in [0.25, 0.3) is 5.91 Å². The second-order valence-corrected chi connectivity index (χ2v) is 8.43. The van der Waals surface area contributed by atoms with E-state index in [0.717, 1.165) is 50.4 Å². The Bertz CT molecular complexity index is 1220. The number of carbonyl (C=O) groups is 1. The molecule has 1 N–H and O–H groups in total. The molecule has 0 aliphatic carbocycles. The quantitative estimate of drug-likeness (QED) is 0.512. The molecular formula is C25H27ClN2O5. The maximum Gasteiger partial charge on any atom is 0.349 e. The molecule has 1 aliphatic heterocycles. The molecule has 4 rings (SSSR count). The van der Waals surface area contributed by atoms with Crippen LogP contribution in [0.1, 0.15) is 34.8 Å². The van der Waals surface area contributed by atoms with Crippen LogP contribution in [0.5, 0.6) is 5.75 Å². The van der Waals surface area contributed by atoms with E-state index < -0.39 is 11.5 Å². The van der Waals surface area contributed by atoms with Gasteiger partial charge in [-0.25, -0.2) is 4.79 Å². The van der Waals surface area contributed by atoms with E-state index in [1.54, 1.807) is 25.3 Å². The van der Waals surface area contributed by atoms with Crippen LogP contribution in [0.3, 0.4) is 0 Å². The van der Waals surface area contributed by atoms with Crippen LogP contribution >= 0.6 is 11.6 Å². The first-order valence-corrected chi connectivity index (χ1v) is 11.4. The topological polar surface area (TPSA) is 81.0 Å². The number of halogens is 1. The summed E-state index contributed by atoms with van der Waals surface area (Å²) in [4.78, 5) is 27.8. The lowest BCUT2D eigenvalue weighted by molar-refractivity contribution is 0.0342. The number of nitrogens with one attached hydrogen (secondary N) is 1. The summed E-state index contributed by atoms with van der Waals surface area (Å²) in [6.07, 6.45) is 1.56. The minimum absolute atomic E-state index is 0.0800. The Labute approximate surface area is 197 Å². The first-order chi connectivity index (χ1) is 16.0. The van der Waals surface area contributed by atoms with E-state index in [2.05, 4.69) is 10.2 Å². The average Bonchev–Trinajstić information content (AvgIpc) is 2.81. The van der Waals surface area contributed by atoms with Crippen molar-refractivity contribution in [2.75, 3.05) is 38.7 Å². The molecule has 2 aromatic carbocycles. The normalized spacial score (nSPS) is 14.4. The second kappa shape index (κ2) is 10.4. The Morgan fingerprint density at radius 3 is 2.67 bits per heavy atom. The summed E-state index contributed by atoms with van der Waals surface area (Å²) >= 11 is 6.43. The highest BCUT2D eigenvalue weighted by atomic mass is 35.5. The number of fused-ring (bicyclic) bond motifs is 1. The molecular weight excluding hydrogens is 444 g/mol. The molecule has 0 radical (unpaired) electrons. The van der Waals surface area contributed by atoms with Gasteiger partial charge in [0.15, 0.2) is 0 Å². The van der Waals surface area contributed by atoms with E-state index in [9.17, 15) is 9.59 Å². The Hall–Kier alpha value is -2.87. The minimum Gasteiger partial charge on any atom is -0.496 e. The molecule has 1 amide bonds.